The standard InChI is InChI=1S/C22H28NO7PS/c1-28-19-8-9-20-16(12-19)13-22(32-20)29-15-18(24)7-6-17-14-21(25)23(17)10-4-2-3-5-11-30-31(26)27/h2,4,6-9,12-13,17-18,24,26-27H,3,5,10-11,14-15H2,1H3/b4-2-,7-6+/t17-,18?/m0/s1. The van der Waals surface area contributed by atoms with E-state index in [0.29, 0.717) is 19.4 Å². The Morgan fingerprint density at radius 1 is 1.31 bits per heavy atom. The minimum absolute atomic E-state index is 0.0331. The first-order chi connectivity index (χ1) is 15.5. The van der Waals surface area contributed by atoms with Crippen molar-refractivity contribution in [3.8, 4) is 10.8 Å². The number of thiophene rings is 1. The number of nitrogens with zero attached hydrogens (tertiary/aromatic N) is 1. The fourth-order valence-electron chi connectivity index (χ4n) is 3.22. The number of hydrogen-bond donors (Lipinski definition) is 3. The quantitative estimate of drug-likeness (QED) is 0.174. The summed E-state index contributed by atoms with van der Waals surface area (Å²) < 4.78 is 16.7. The van der Waals surface area contributed by atoms with E-state index in [1.807, 2.05) is 42.5 Å². The Balaban J connectivity index is 1.39. The molecule has 1 aromatic heterocycles. The topological polar surface area (TPSA) is 109 Å². The molecule has 3 rings (SSSR count). The van der Waals surface area contributed by atoms with E-state index < -0.39 is 14.7 Å². The molecule has 0 spiro atoms. The molecule has 0 saturated carbocycles. The molecule has 1 unspecified atom stereocenters. The highest BCUT2D eigenvalue weighted by Crippen LogP contribution is 2.34. The second-order valence-electron chi connectivity index (χ2n) is 7.25. The van der Waals surface area contributed by atoms with Crippen LogP contribution in [0.25, 0.3) is 10.1 Å². The van der Waals surface area contributed by atoms with E-state index in [0.717, 1.165) is 27.3 Å². The van der Waals surface area contributed by atoms with Crippen molar-refractivity contribution in [2.75, 3.05) is 26.9 Å². The summed E-state index contributed by atoms with van der Waals surface area (Å²) in [6.07, 6.45) is 8.43. The molecule has 1 aromatic carbocycles. The molecule has 10 heteroatoms. The molecule has 2 atom stereocenters. The number of allylic oxidation sites excluding steroid dienone is 1. The van der Waals surface area contributed by atoms with Gasteiger partial charge in [-0.05, 0) is 42.5 Å². The van der Waals surface area contributed by atoms with E-state index in [1.165, 1.54) is 11.3 Å². The van der Waals surface area contributed by atoms with Crippen molar-refractivity contribution in [1.29, 1.82) is 0 Å². The third-order valence-corrected chi connectivity index (χ3v) is 6.39. The maximum atomic E-state index is 11.9. The third kappa shape index (κ3) is 7.27. The Morgan fingerprint density at radius 2 is 2.16 bits per heavy atom. The molecule has 0 radical (unpaired) electrons. The zero-order valence-electron chi connectivity index (χ0n) is 17.8. The number of aliphatic hydroxyl groups excluding tert-OH is 1. The highest BCUT2D eigenvalue weighted by molar-refractivity contribution is 7.39. The number of benzene rings is 1. The number of ether oxygens (including phenoxy) is 2. The van der Waals surface area contributed by atoms with Crippen LogP contribution in [0.15, 0.2) is 48.6 Å². The van der Waals surface area contributed by atoms with Crippen molar-refractivity contribution in [2.24, 2.45) is 0 Å². The average Bonchev–Trinajstić information content (AvgIpc) is 3.18. The van der Waals surface area contributed by atoms with Gasteiger partial charge in [-0.15, -0.1) is 0 Å². The number of likely N-dealkylation sites (tertiary alicyclic amines) is 1. The summed E-state index contributed by atoms with van der Waals surface area (Å²) in [5, 5.41) is 12.0. The van der Waals surface area contributed by atoms with Gasteiger partial charge in [0, 0.05) is 11.2 Å². The van der Waals surface area contributed by atoms with Gasteiger partial charge >= 0.3 is 8.60 Å². The smallest absolute Gasteiger partial charge is 0.327 e. The van der Waals surface area contributed by atoms with Crippen molar-refractivity contribution < 1.29 is 33.7 Å². The molecule has 0 bridgehead atoms. The first kappa shape index (κ1) is 24.6. The zero-order chi connectivity index (χ0) is 22.9. The number of unbranched alkanes of at least 4 members (excludes halogenated alkanes) is 1. The van der Waals surface area contributed by atoms with E-state index in [9.17, 15) is 9.90 Å². The van der Waals surface area contributed by atoms with Crippen LogP contribution in [0, 0.1) is 0 Å². The fourth-order valence-corrected chi connectivity index (χ4v) is 4.41. The van der Waals surface area contributed by atoms with Crippen LogP contribution in [0.1, 0.15) is 19.3 Å². The lowest BCUT2D eigenvalue weighted by Gasteiger charge is -2.38. The second kappa shape index (κ2) is 12.3. The van der Waals surface area contributed by atoms with Crippen molar-refractivity contribution in [1.82, 2.24) is 4.90 Å². The highest BCUT2D eigenvalue weighted by atomic mass is 32.1. The van der Waals surface area contributed by atoms with Crippen LogP contribution >= 0.6 is 19.9 Å². The van der Waals surface area contributed by atoms with Crippen LogP contribution < -0.4 is 9.47 Å². The minimum atomic E-state index is -2.29. The second-order valence-corrected chi connectivity index (χ2v) is 9.06. The van der Waals surface area contributed by atoms with E-state index in [2.05, 4.69) is 0 Å². The number of carbonyl (C=O) groups excluding carboxylic acids is 1. The number of β-lactam (4-membered cyclic amide) rings is 1. The van der Waals surface area contributed by atoms with Gasteiger partial charge in [0.2, 0.25) is 5.91 Å². The van der Waals surface area contributed by atoms with Crippen molar-refractivity contribution in [2.45, 2.75) is 31.4 Å². The molecule has 1 fully saturated rings. The lowest BCUT2D eigenvalue weighted by molar-refractivity contribution is -0.142. The third-order valence-electron chi connectivity index (χ3n) is 4.95. The van der Waals surface area contributed by atoms with Gasteiger partial charge in [0.25, 0.3) is 0 Å². The van der Waals surface area contributed by atoms with Gasteiger partial charge in [-0.25, -0.2) is 0 Å². The molecule has 32 heavy (non-hydrogen) atoms. The van der Waals surface area contributed by atoms with Crippen LogP contribution in [0.3, 0.4) is 0 Å². The number of hydrogen-bond acceptors (Lipinski definition) is 8. The molecule has 1 saturated heterocycles. The molecule has 1 aliphatic heterocycles. The first-order valence-corrected chi connectivity index (χ1v) is 12.3. The number of rotatable bonds is 13. The number of methoxy groups -OCH3 is 1. The number of aliphatic hydroxyl groups is 1. The monoisotopic (exact) mass is 481 g/mol. The van der Waals surface area contributed by atoms with Gasteiger partial charge in [-0.3, -0.25) is 4.79 Å². The van der Waals surface area contributed by atoms with E-state index in [4.69, 9.17) is 23.8 Å². The van der Waals surface area contributed by atoms with E-state index in [1.54, 1.807) is 18.1 Å². The maximum Gasteiger partial charge on any atom is 0.327 e. The van der Waals surface area contributed by atoms with Gasteiger partial charge < -0.3 is 33.8 Å². The normalized spacial score (nSPS) is 17.6. The van der Waals surface area contributed by atoms with Gasteiger partial charge in [-0.2, -0.15) is 0 Å². The number of amides is 1. The Morgan fingerprint density at radius 3 is 2.91 bits per heavy atom. The Labute approximate surface area is 192 Å². The summed E-state index contributed by atoms with van der Waals surface area (Å²) in [7, 11) is -0.663. The van der Waals surface area contributed by atoms with E-state index in [-0.39, 0.29) is 25.2 Å². The van der Waals surface area contributed by atoms with Crippen LogP contribution in [0.4, 0.5) is 0 Å². The fraction of sp³-hybridized carbons (Fsp3) is 0.409. The first-order valence-electron chi connectivity index (χ1n) is 10.3. The summed E-state index contributed by atoms with van der Waals surface area (Å²) in [4.78, 5) is 30.9. The summed E-state index contributed by atoms with van der Waals surface area (Å²) >= 11 is 1.51. The highest BCUT2D eigenvalue weighted by Gasteiger charge is 2.32. The molecule has 2 aromatic rings. The van der Waals surface area contributed by atoms with Gasteiger partial charge in [-0.1, -0.05) is 35.6 Å². The van der Waals surface area contributed by atoms with Crippen LogP contribution in [0.2, 0.25) is 0 Å². The SMILES string of the molecule is COc1ccc2sc(OCC(O)/C=C/[C@H]3CC(=O)N3C/C=C\CCCOP(O)O)cc2c1. The molecule has 0 aliphatic carbocycles. The van der Waals surface area contributed by atoms with E-state index >= 15 is 0 Å². The lowest BCUT2D eigenvalue weighted by atomic mass is 10.0. The summed E-state index contributed by atoms with van der Waals surface area (Å²) in [6.45, 7) is 0.916. The predicted molar refractivity (Wildman–Crippen MR) is 125 cm³/mol. The molecule has 8 nitrogen and oxygen atoms in total. The maximum absolute atomic E-state index is 11.9. The average molecular weight is 482 g/mol. The Kier molecular flexibility index (Phi) is 9.47. The molecule has 3 N–H and O–H groups in total. The molecular weight excluding hydrogens is 453 g/mol. The van der Waals surface area contributed by atoms with Crippen LogP contribution in [-0.4, -0.2) is 64.7 Å². The van der Waals surface area contributed by atoms with Gasteiger partial charge in [0.05, 0.1) is 26.2 Å². The van der Waals surface area contributed by atoms with Gasteiger partial charge in [0.15, 0.2) is 5.06 Å². The lowest BCUT2D eigenvalue weighted by Crippen LogP contribution is -2.51. The molecule has 1 amide bonds. The number of fused-ring (bicyclic) bond motifs is 1. The molecule has 1 aliphatic rings. The van der Waals surface area contributed by atoms with Gasteiger partial charge in [0.1, 0.15) is 18.5 Å². The van der Waals surface area contributed by atoms with Crippen molar-refractivity contribution >= 4 is 35.9 Å². The van der Waals surface area contributed by atoms with Crippen molar-refractivity contribution in [3.63, 3.8) is 0 Å². The largest absolute Gasteiger partial charge is 0.497 e. The number of carbonyl (C=O) groups is 1. The molecule has 174 valence electrons. The predicted octanol–water partition coefficient (Wildman–Crippen LogP) is 3.37. The Bertz CT molecular complexity index is 946. The van der Waals surface area contributed by atoms with Crippen molar-refractivity contribution in [3.05, 3.63) is 48.6 Å². The Hall–Kier alpha value is -2.00. The van der Waals surface area contributed by atoms with Crippen LogP contribution in [0.5, 0.6) is 10.8 Å². The summed E-state index contributed by atoms with van der Waals surface area (Å²) in [6, 6.07) is 7.72. The molecule has 2 heterocycles. The summed E-state index contributed by atoms with van der Waals surface area (Å²) in [5.74, 6) is 0.862. The minimum Gasteiger partial charge on any atom is -0.497 e. The van der Waals surface area contributed by atoms with Crippen LogP contribution in [-0.2, 0) is 9.32 Å². The molecular formula is C22H28NO7PS. The summed E-state index contributed by atoms with van der Waals surface area (Å²) in [5.41, 5.74) is 0. The zero-order valence-corrected chi connectivity index (χ0v) is 19.5.